The van der Waals surface area contributed by atoms with E-state index in [9.17, 15) is 13.3 Å². The molecule has 0 saturated heterocycles. The van der Waals surface area contributed by atoms with Crippen LogP contribution in [-0.4, -0.2) is 13.0 Å². The lowest BCUT2D eigenvalue weighted by Crippen LogP contribution is -2.02. The van der Waals surface area contributed by atoms with E-state index in [4.69, 9.17) is 21.8 Å². The molecule has 0 aliphatic heterocycles. The van der Waals surface area contributed by atoms with Gasteiger partial charge < -0.3 is 17.2 Å². The highest BCUT2D eigenvalue weighted by atomic mass is 32.2. The molecule has 4 aromatic rings. The fourth-order valence-electron chi connectivity index (χ4n) is 3.07. The van der Waals surface area contributed by atoms with E-state index in [0.29, 0.717) is 0 Å². The maximum absolute atomic E-state index is 11.3. The third-order valence-corrected chi connectivity index (χ3v) is 5.76. The smallest absolute Gasteiger partial charge is 0.295 e. The number of nitroso groups, excluding NO2 is 1. The molecule has 0 radical (unpaired) electrons. The summed E-state index contributed by atoms with van der Waals surface area (Å²) >= 11 is 4.03. The topological polar surface area (TPSA) is 162 Å². The van der Waals surface area contributed by atoms with Gasteiger partial charge in [0.1, 0.15) is 10.6 Å². The Morgan fingerprint density at radius 1 is 0.867 bits per heavy atom. The van der Waals surface area contributed by atoms with Crippen LogP contribution >= 0.6 is 12.6 Å². The molecule has 0 aliphatic rings. The molecular weight excluding hydrogens is 424 g/mol. The van der Waals surface area contributed by atoms with E-state index < -0.39 is 15.0 Å². The van der Waals surface area contributed by atoms with E-state index in [-0.39, 0.29) is 32.7 Å². The average molecular weight is 443 g/mol. The number of nitrogens with two attached hydrogens (primary N) is 3. The molecule has 0 spiro atoms. The second-order valence-electron chi connectivity index (χ2n) is 6.37. The second kappa shape index (κ2) is 8.19. The third-order valence-electron chi connectivity index (χ3n) is 4.48. The molecule has 30 heavy (non-hydrogen) atoms. The van der Waals surface area contributed by atoms with Crippen molar-refractivity contribution >= 4 is 67.0 Å². The monoisotopic (exact) mass is 442 g/mol. The van der Waals surface area contributed by atoms with Crippen LogP contribution in [-0.2, 0) is 10.1 Å². The highest BCUT2D eigenvalue weighted by Gasteiger charge is 2.20. The van der Waals surface area contributed by atoms with Crippen molar-refractivity contribution in [2.45, 2.75) is 9.79 Å². The first-order valence-electron chi connectivity index (χ1n) is 8.53. The molecule has 4 rings (SSSR count). The van der Waals surface area contributed by atoms with Crippen molar-refractivity contribution in [2.24, 2.45) is 5.18 Å². The predicted octanol–water partition coefficient (Wildman–Crippen LogP) is 4.36. The minimum absolute atomic E-state index is 0.00924. The third kappa shape index (κ3) is 4.01. The molecule has 0 atom stereocenters. The fourth-order valence-corrected chi connectivity index (χ4v) is 3.98. The first-order valence-corrected chi connectivity index (χ1v) is 10.4. The highest BCUT2D eigenvalue weighted by Crippen LogP contribution is 2.42. The second-order valence-corrected chi connectivity index (χ2v) is 8.24. The Hall–Kier alpha value is -3.34. The number of nitrogen functional groups attached to an aromatic ring is 3. The largest absolute Gasteiger partial charge is 0.398 e. The van der Waals surface area contributed by atoms with E-state index in [1.807, 2.05) is 30.3 Å². The Balaban J connectivity index is 0.000000196. The standard InChI is InChI=1S/C10H9N3O4S2.C10H9N/c11-5-1-2-7(19(15,16)17)4-3-6(18)9(12)10(13-14)8(4)5;11-10-7-3-5-8-4-1-2-6-9(8)10/h1-3,18H,11-12H2,(H,15,16,17);1-7H,11H2. The van der Waals surface area contributed by atoms with Gasteiger partial charge in [-0.25, -0.2) is 0 Å². The lowest BCUT2D eigenvalue weighted by molar-refractivity contribution is 0.484. The molecule has 0 aliphatic carbocycles. The number of benzene rings is 4. The molecule has 0 amide bonds. The lowest BCUT2D eigenvalue weighted by Gasteiger charge is -2.11. The van der Waals surface area contributed by atoms with Crippen LogP contribution in [0.3, 0.4) is 0 Å². The van der Waals surface area contributed by atoms with Crippen molar-refractivity contribution in [3.63, 3.8) is 0 Å². The van der Waals surface area contributed by atoms with Crippen molar-refractivity contribution in [3.05, 3.63) is 65.6 Å². The van der Waals surface area contributed by atoms with Crippen LogP contribution in [0.4, 0.5) is 22.7 Å². The summed E-state index contributed by atoms with van der Waals surface area (Å²) in [5.74, 6) is 0. The van der Waals surface area contributed by atoms with Crippen LogP contribution < -0.4 is 17.2 Å². The molecule has 0 aromatic heterocycles. The average Bonchev–Trinajstić information content (AvgIpc) is 2.70. The number of hydrogen-bond acceptors (Lipinski definition) is 8. The molecule has 4 aromatic carbocycles. The molecule has 0 unspecified atom stereocenters. The van der Waals surface area contributed by atoms with Crippen molar-refractivity contribution < 1.29 is 13.0 Å². The summed E-state index contributed by atoms with van der Waals surface area (Å²) in [6.45, 7) is 0. The summed E-state index contributed by atoms with van der Waals surface area (Å²) in [6, 6.07) is 17.7. The van der Waals surface area contributed by atoms with Crippen LogP contribution in [0.2, 0.25) is 0 Å². The van der Waals surface area contributed by atoms with Crippen molar-refractivity contribution in [2.75, 3.05) is 17.2 Å². The maximum atomic E-state index is 11.3. The molecule has 154 valence electrons. The quantitative estimate of drug-likeness (QED) is 0.133. The molecule has 10 heteroatoms. The molecule has 8 nitrogen and oxygen atoms in total. The van der Waals surface area contributed by atoms with E-state index >= 15 is 0 Å². The van der Waals surface area contributed by atoms with Crippen molar-refractivity contribution in [1.29, 1.82) is 0 Å². The zero-order valence-electron chi connectivity index (χ0n) is 15.5. The maximum Gasteiger partial charge on any atom is 0.295 e. The van der Waals surface area contributed by atoms with E-state index in [1.165, 1.54) is 17.5 Å². The fraction of sp³-hybridized carbons (Fsp3) is 0. The Morgan fingerprint density at radius 3 is 2.17 bits per heavy atom. The Morgan fingerprint density at radius 2 is 1.53 bits per heavy atom. The molecular formula is C20H18N4O4S2. The van der Waals surface area contributed by atoms with Crippen LogP contribution in [0.25, 0.3) is 21.5 Å². The van der Waals surface area contributed by atoms with Crippen LogP contribution in [0, 0.1) is 4.91 Å². The van der Waals surface area contributed by atoms with Gasteiger partial charge in [0.25, 0.3) is 10.1 Å². The molecule has 0 saturated carbocycles. The van der Waals surface area contributed by atoms with Gasteiger partial charge in [0, 0.05) is 32.4 Å². The van der Waals surface area contributed by atoms with E-state index in [2.05, 4.69) is 29.9 Å². The van der Waals surface area contributed by atoms with Gasteiger partial charge in [0.05, 0.1) is 5.69 Å². The number of fused-ring (bicyclic) bond motifs is 2. The van der Waals surface area contributed by atoms with Crippen LogP contribution in [0.5, 0.6) is 0 Å². The van der Waals surface area contributed by atoms with Gasteiger partial charge in [-0.2, -0.15) is 8.42 Å². The first-order chi connectivity index (χ1) is 14.1. The van der Waals surface area contributed by atoms with Gasteiger partial charge in [-0.05, 0) is 34.8 Å². The lowest BCUT2D eigenvalue weighted by atomic mass is 10.1. The Labute approximate surface area is 177 Å². The number of thiol groups is 1. The number of hydrogen-bond donors (Lipinski definition) is 5. The summed E-state index contributed by atoms with van der Waals surface area (Å²) < 4.78 is 31.8. The molecule has 0 fully saturated rings. The van der Waals surface area contributed by atoms with Gasteiger partial charge in [-0.1, -0.05) is 36.4 Å². The van der Waals surface area contributed by atoms with Crippen LogP contribution in [0.15, 0.2) is 75.6 Å². The first kappa shape index (κ1) is 21.4. The summed E-state index contributed by atoms with van der Waals surface area (Å²) in [4.78, 5) is 10.6. The van der Waals surface area contributed by atoms with Gasteiger partial charge in [-0.3, -0.25) is 4.55 Å². The van der Waals surface area contributed by atoms with Gasteiger partial charge in [0.2, 0.25) is 0 Å². The van der Waals surface area contributed by atoms with Gasteiger partial charge >= 0.3 is 0 Å². The van der Waals surface area contributed by atoms with Gasteiger partial charge in [-0.15, -0.1) is 17.5 Å². The normalized spacial score (nSPS) is 11.1. The van der Waals surface area contributed by atoms with Gasteiger partial charge in [0.15, 0.2) is 0 Å². The zero-order chi connectivity index (χ0) is 22.1. The SMILES string of the molecule is Nc1c(S)cc2c(S(=O)(=O)O)ccc(N)c2c1N=O.Nc1cccc2ccccc12. The van der Waals surface area contributed by atoms with Crippen molar-refractivity contribution in [1.82, 2.24) is 0 Å². The Kier molecular flexibility index (Phi) is 5.83. The minimum atomic E-state index is -4.47. The highest BCUT2D eigenvalue weighted by molar-refractivity contribution is 7.86. The summed E-state index contributed by atoms with van der Waals surface area (Å²) in [6.07, 6.45) is 0. The molecule has 0 heterocycles. The minimum Gasteiger partial charge on any atom is -0.398 e. The summed E-state index contributed by atoms with van der Waals surface area (Å²) in [5.41, 5.74) is 17.9. The number of anilines is 3. The Bertz CT molecular complexity index is 1380. The predicted molar refractivity (Wildman–Crippen MR) is 124 cm³/mol. The molecule has 0 bridgehead atoms. The van der Waals surface area contributed by atoms with E-state index in [1.54, 1.807) is 0 Å². The van der Waals surface area contributed by atoms with E-state index in [0.717, 1.165) is 17.1 Å². The van der Waals surface area contributed by atoms with Crippen molar-refractivity contribution in [3.8, 4) is 0 Å². The summed E-state index contributed by atoms with van der Waals surface area (Å²) in [5, 5.41) is 5.21. The summed E-state index contributed by atoms with van der Waals surface area (Å²) in [7, 11) is -4.47. The number of rotatable bonds is 2. The van der Waals surface area contributed by atoms with Crippen LogP contribution in [0.1, 0.15) is 0 Å². The number of nitrogens with zero attached hydrogens (tertiary/aromatic N) is 1. The molecule has 7 N–H and O–H groups in total. The zero-order valence-corrected chi connectivity index (χ0v) is 17.2.